The molecule has 0 aromatic carbocycles. The lowest BCUT2D eigenvalue weighted by molar-refractivity contribution is -0.693. The van der Waals surface area contributed by atoms with Crippen LogP contribution in [0, 0.1) is 0 Å². The van der Waals surface area contributed by atoms with Gasteiger partial charge in [0.15, 0.2) is 12.4 Å². The second-order valence-electron chi connectivity index (χ2n) is 2.41. The van der Waals surface area contributed by atoms with Crippen molar-refractivity contribution in [2.45, 2.75) is 13.5 Å². The number of hydrogen-bond donors (Lipinski definition) is 0. The standard InChI is InChI=1S/C7H10N.CH4O3S/c1-2-8-6-4-3-5-7-8;1-5(2,3)4/h3-7H,2H2,1H3;1H3,(H,2,3,4)/q+1;/p-1. The number of nitrogens with zero attached hydrogens (tertiary/aromatic N) is 1. The van der Waals surface area contributed by atoms with Crippen LogP contribution in [0.25, 0.3) is 0 Å². The zero-order chi connectivity index (χ0) is 10.3. The molecule has 5 heteroatoms. The summed E-state index contributed by atoms with van der Waals surface area (Å²) < 4.78 is 29.4. The highest BCUT2D eigenvalue weighted by atomic mass is 32.2. The summed E-state index contributed by atoms with van der Waals surface area (Å²) in [5.41, 5.74) is 0. The summed E-state index contributed by atoms with van der Waals surface area (Å²) in [4.78, 5) is 0. The van der Waals surface area contributed by atoms with Gasteiger partial charge in [-0.1, -0.05) is 6.07 Å². The predicted molar refractivity (Wildman–Crippen MR) is 47.9 cm³/mol. The molecule has 0 bridgehead atoms. The summed E-state index contributed by atoms with van der Waals surface area (Å²) in [5, 5.41) is 0. The van der Waals surface area contributed by atoms with Crippen molar-refractivity contribution in [1.82, 2.24) is 0 Å². The summed E-state index contributed by atoms with van der Waals surface area (Å²) in [5.74, 6) is 0. The maximum absolute atomic E-state index is 9.08. The molecule has 0 aliphatic carbocycles. The Balaban J connectivity index is 0.000000252. The fourth-order valence-electron chi connectivity index (χ4n) is 0.645. The van der Waals surface area contributed by atoms with E-state index in [2.05, 4.69) is 23.9 Å². The van der Waals surface area contributed by atoms with Gasteiger partial charge >= 0.3 is 0 Å². The summed E-state index contributed by atoms with van der Waals surface area (Å²) in [6, 6.07) is 6.08. The predicted octanol–water partition coefficient (Wildman–Crippen LogP) is 0.155. The zero-order valence-electron chi connectivity index (χ0n) is 7.67. The van der Waals surface area contributed by atoms with Gasteiger partial charge in [0.25, 0.3) is 0 Å². The van der Waals surface area contributed by atoms with Crippen molar-refractivity contribution in [2.24, 2.45) is 0 Å². The van der Waals surface area contributed by atoms with E-state index in [0.717, 1.165) is 6.54 Å². The minimum absolute atomic E-state index is 0.604. The Kier molecular flexibility index (Phi) is 5.25. The van der Waals surface area contributed by atoms with Crippen LogP contribution >= 0.6 is 0 Å². The van der Waals surface area contributed by atoms with E-state index in [1.165, 1.54) is 0 Å². The third-order valence-corrected chi connectivity index (χ3v) is 1.14. The molecular weight excluding hydrogens is 190 g/mol. The number of pyridine rings is 1. The molecule has 0 N–H and O–H groups in total. The summed E-state index contributed by atoms with van der Waals surface area (Å²) in [6.07, 6.45) is 4.72. The minimum atomic E-state index is -3.92. The highest BCUT2D eigenvalue weighted by Crippen LogP contribution is 1.74. The molecule has 0 aliphatic rings. The van der Waals surface area contributed by atoms with Crippen molar-refractivity contribution in [2.75, 3.05) is 6.26 Å². The van der Waals surface area contributed by atoms with Gasteiger partial charge in [-0.2, -0.15) is 0 Å². The molecule has 0 fully saturated rings. The lowest BCUT2D eigenvalue weighted by Gasteiger charge is -1.90. The van der Waals surface area contributed by atoms with Gasteiger partial charge in [-0.3, -0.25) is 0 Å². The average Bonchev–Trinajstić information content (AvgIpc) is 2.03. The van der Waals surface area contributed by atoms with Crippen LogP contribution in [0.2, 0.25) is 0 Å². The van der Waals surface area contributed by atoms with E-state index >= 15 is 0 Å². The minimum Gasteiger partial charge on any atom is -0.748 e. The van der Waals surface area contributed by atoms with Gasteiger partial charge in [-0.15, -0.1) is 0 Å². The number of aromatic nitrogens is 1. The molecule has 1 heterocycles. The Morgan fingerprint density at radius 3 is 1.85 bits per heavy atom. The molecule has 0 saturated heterocycles. The maximum atomic E-state index is 9.08. The van der Waals surface area contributed by atoms with Crippen LogP contribution in [0.1, 0.15) is 6.92 Å². The van der Waals surface area contributed by atoms with Crippen LogP contribution in [0.3, 0.4) is 0 Å². The smallest absolute Gasteiger partial charge is 0.168 e. The summed E-state index contributed by atoms with van der Waals surface area (Å²) >= 11 is 0. The van der Waals surface area contributed by atoms with Gasteiger partial charge in [0.2, 0.25) is 0 Å². The summed E-state index contributed by atoms with van der Waals surface area (Å²) in [6.45, 7) is 3.18. The Morgan fingerprint density at radius 1 is 1.23 bits per heavy atom. The molecule has 13 heavy (non-hydrogen) atoms. The van der Waals surface area contributed by atoms with Crippen molar-refractivity contribution in [1.29, 1.82) is 0 Å². The first-order valence-electron chi connectivity index (χ1n) is 3.78. The largest absolute Gasteiger partial charge is 0.748 e. The molecule has 0 unspecified atom stereocenters. The molecule has 0 amide bonds. The van der Waals surface area contributed by atoms with Crippen LogP contribution in [0.4, 0.5) is 0 Å². The molecular formula is C8H13NO3S. The van der Waals surface area contributed by atoms with Crippen molar-refractivity contribution < 1.29 is 17.5 Å². The molecule has 1 aromatic rings. The number of rotatable bonds is 1. The number of hydrogen-bond acceptors (Lipinski definition) is 3. The molecule has 0 atom stereocenters. The SMILES string of the molecule is CC[n+]1ccccc1.CS(=O)(=O)[O-]. The molecule has 0 saturated carbocycles. The Bertz CT molecular complexity index is 313. The fraction of sp³-hybridized carbons (Fsp3) is 0.375. The first kappa shape index (κ1) is 12.1. The molecule has 1 rings (SSSR count). The first-order valence-corrected chi connectivity index (χ1v) is 5.60. The van der Waals surface area contributed by atoms with E-state index in [1.807, 2.05) is 18.2 Å². The van der Waals surface area contributed by atoms with Gasteiger partial charge in [0.05, 0.1) is 10.1 Å². The lowest BCUT2D eigenvalue weighted by atomic mass is 10.5. The van der Waals surface area contributed by atoms with E-state index in [9.17, 15) is 0 Å². The van der Waals surface area contributed by atoms with Gasteiger partial charge in [-0.25, -0.2) is 13.0 Å². The Morgan fingerprint density at radius 2 is 1.62 bits per heavy atom. The lowest BCUT2D eigenvalue weighted by Crippen LogP contribution is -2.30. The Labute approximate surface area is 78.6 Å². The van der Waals surface area contributed by atoms with Gasteiger partial charge < -0.3 is 4.55 Å². The van der Waals surface area contributed by atoms with Crippen LogP contribution in [-0.2, 0) is 16.7 Å². The van der Waals surface area contributed by atoms with Gasteiger partial charge in [0.1, 0.15) is 6.54 Å². The van der Waals surface area contributed by atoms with Gasteiger partial charge in [-0.05, 0) is 6.92 Å². The second-order valence-corrected chi connectivity index (χ2v) is 3.82. The molecule has 0 spiro atoms. The first-order chi connectivity index (χ1) is 5.93. The second kappa shape index (κ2) is 5.66. The van der Waals surface area contributed by atoms with Gasteiger partial charge in [0, 0.05) is 18.4 Å². The Hall–Kier alpha value is -0.940. The highest BCUT2D eigenvalue weighted by Gasteiger charge is 1.86. The number of aryl methyl sites for hydroxylation is 1. The van der Waals surface area contributed by atoms with E-state index in [1.54, 1.807) is 0 Å². The highest BCUT2D eigenvalue weighted by molar-refractivity contribution is 7.84. The summed E-state index contributed by atoms with van der Waals surface area (Å²) in [7, 11) is -3.92. The maximum Gasteiger partial charge on any atom is 0.168 e. The monoisotopic (exact) mass is 203 g/mol. The molecule has 1 aromatic heterocycles. The topological polar surface area (TPSA) is 61.1 Å². The van der Waals surface area contributed by atoms with Crippen molar-refractivity contribution in [3.8, 4) is 0 Å². The van der Waals surface area contributed by atoms with Crippen molar-refractivity contribution in [3.63, 3.8) is 0 Å². The zero-order valence-corrected chi connectivity index (χ0v) is 8.49. The van der Waals surface area contributed by atoms with Crippen LogP contribution in [0.15, 0.2) is 30.6 Å². The quantitative estimate of drug-likeness (QED) is 0.482. The third-order valence-electron chi connectivity index (χ3n) is 1.14. The normalized spacial score (nSPS) is 10.1. The van der Waals surface area contributed by atoms with Crippen LogP contribution in [-0.4, -0.2) is 19.2 Å². The van der Waals surface area contributed by atoms with E-state index < -0.39 is 10.1 Å². The molecule has 4 nitrogen and oxygen atoms in total. The van der Waals surface area contributed by atoms with Crippen LogP contribution in [0.5, 0.6) is 0 Å². The molecule has 0 aliphatic heterocycles. The molecule has 74 valence electrons. The van der Waals surface area contributed by atoms with Crippen molar-refractivity contribution in [3.05, 3.63) is 30.6 Å². The molecule has 0 radical (unpaired) electrons. The van der Waals surface area contributed by atoms with Crippen LogP contribution < -0.4 is 4.57 Å². The van der Waals surface area contributed by atoms with E-state index in [-0.39, 0.29) is 0 Å². The van der Waals surface area contributed by atoms with E-state index in [4.69, 9.17) is 13.0 Å². The fourth-order valence-corrected chi connectivity index (χ4v) is 0.645. The van der Waals surface area contributed by atoms with Crippen molar-refractivity contribution >= 4 is 10.1 Å². The third kappa shape index (κ3) is 11.1. The average molecular weight is 203 g/mol. The van der Waals surface area contributed by atoms with E-state index in [0.29, 0.717) is 6.26 Å².